The normalized spacial score (nSPS) is 30.8. The second-order valence-corrected chi connectivity index (χ2v) is 6.78. The van der Waals surface area contributed by atoms with Crippen molar-refractivity contribution in [3.05, 3.63) is 29.3 Å². The van der Waals surface area contributed by atoms with Crippen LogP contribution >= 0.6 is 0 Å². The molecule has 24 heavy (non-hydrogen) atoms. The number of carbonyl (C=O) groups is 4. The summed E-state index contributed by atoms with van der Waals surface area (Å²) in [6.07, 6.45) is 2.78. The minimum absolute atomic E-state index is 0.0381. The molecule has 1 aromatic rings. The molecule has 7 heteroatoms. The maximum atomic E-state index is 12.8. The van der Waals surface area contributed by atoms with E-state index in [-0.39, 0.29) is 52.3 Å². The summed E-state index contributed by atoms with van der Waals surface area (Å²) in [5.41, 5.74) is -0.479. The third-order valence-corrected chi connectivity index (χ3v) is 5.60. The predicted molar refractivity (Wildman–Crippen MR) is 80.7 cm³/mol. The summed E-state index contributed by atoms with van der Waals surface area (Å²) in [6.45, 7) is 0. The molecule has 3 fully saturated rings. The summed E-state index contributed by atoms with van der Waals surface area (Å²) in [5.74, 6) is -3.51. The van der Waals surface area contributed by atoms with E-state index in [1.165, 1.54) is 12.1 Å². The van der Waals surface area contributed by atoms with Crippen LogP contribution in [0.15, 0.2) is 18.2 Å². The zero-order valence-corrected chi connectivity index (χ0v) is 12.6. The number of rotatable bonds is 3. The van der Waals surface area contributed by atoms with Crippen LogP contribution in [0, 0.1) is 23.7 Å². The van der Waals surface area contributed by atoms with E-state index in [2.05, 4.69) is 0 Å². The highest BCUT2D eigenvalue weighted by Gasteiger charge is 2.61. The molecule has 0 unspecified atom stereocenters. The Morgan fingerprint density at radius 2 is 1.33 bits per heavy atom. The van der Waals surface area contributed by atoms with Crippen molar-refractivity contribution in [3.8, 4) is 0 Å². The molecule has 2 amide bonds. The van der Waals surface area contributed by atoms with Crippen LogP contribution in [0.3, 0.4) is 0 Å². The van der Waals surface area contributed by atoms with Crippen molar-refractivity contribution in [3.63, 3.8) is 0 Å². The summed E-state index contributed by atoms with van der Waals surface area (Å²) < 4.78 is 0. The van der Waals surface area contributed by atoms with Gasteiger partial charge >= 0.3 is 11.9 Å². The van der Waals surface area contributed by atoms with Crippen LogP contribution in [-0.4, -0.2) is 34.0 Å². The number of carboxylic acid groups (broad SMARTS) is 2. The molecule has 3 aliphatic rings. The molecule has 2 aliphatic carbocycles. The number of fused-ring (bicyclic) bond motifs is 5. The fourth-order valence-corrected chi connectivity index (χ4v) is 4.65. The molecule has 2 bridgehead atoms. The van der Waals surface area contributed by atoms with Crippen LogP contribution in [0.4, 0.5) is 5.69 Å². The Bertz CT molecular complexity index is 740. The molecule has 1 heterocycles. The summed E-state index contributed by atoms with van der Waals surface area (Å²) in [6, 6.07) is 3.39. The Hall–Kier alpha value is -2.70. The molecule has 4 rings (SSSR count). The molecule has 2 saturated carbocycles. The molecule has 0 radical (unpaired) electrons. The number of anilines is 1. The van der Waals surface area contributed by atoms with Gasteiger partial charge in [0.15, 0.2) is 0 Å². The lowest BCUT2D eigenvalue weighted by Gasteiger charge is -2.19. The fourth-order valence-electron chi connectivity index (χ4n) is 4.65. The van der Waals surface area contributed by atoms with E-state index in [9.17, 15) is 19.2 Å². The Kier molecular flexibility index (Phi) is 3.03. The number of carboxylic acids is 2. The van der Waals surface area contributed by atoms with Crippen LogP contribution in [0.2, 0.25) is 0 Å². The maximum absolute atomic E-state index is 12.8. The summed E-state index contributed by atoms with van der Waals surface area (Å²) >= 11 is 0. The molecule has 1 aromatic carbocycles. The van der Waals surface area contributed by atoms with Gasteiger partial charge in [0.2, 0.25) is 11.8 Å². The van der Waals surface area contributed by atoms with E-state index in [1.807, 2.05) is 0 Å². The Labute approximate surface area is 136 Å². The number of imide groups is 1. The molecular formula is C17H15NO6. The lowest BCUT2D eigenvalue weighted by molar-refractivity contribution is -0.123. The highest BCUT2D eigenvalue weighted by Crippen LogP contribution is 2.56. The first-order chi connectivity index (χ1) is 11.4. The molecule has 0 aromatic heterocycles. The molecule has 7 nitrogen and oxygen atoms in total. The fraction of sp³-hybridized carbons (Fsp3) is 0.412. The van der Waals surface area contributed by atoms with Gasteiger partial charge in [0, 0.05) is 0 Å². The van der Waals surface area contributed by atoms with Crippen LogP contribution in [0.5, 0.6) is 0 Å². The van der Waals surface area contributed by atoms with Gasteiger partial charge in [0.1, 0.15) is 0 Å². The van der Waals surface area contributed by atoms with Crippen molar-refractivity contribution >= 4 is 29.4 Å². The molecule has 4 atom stereocenters. The van der Waals surface area contributed by atoms with Gasteiger partial charge in [0.25, 0.3) is 0 Å². The first-order valence-electron chi connectivity index (χ1n) is 7.88. The quantitative estimate of drug-likeness (QED) is 0.815. The minimum atomic E-state index is -1.31. The third-order valence-electron chi connectivity index (χ3n) is 5.60. The van der Waals surface area contributed by atoms with Crippen molar-refractivity contribution in [2.24, 2.45) is 23.7 Å². The van der Waals surface area contributed by atoms with Crippen molar-refractivity contribution in [1.82, 2.24) is 0 Å². The van der Waals surface area contributed by atoms with Gasteiger partial charge in [-0.3, -0.25) is 9.59 Å². The standard InChI is InChI=1S/C17H15NO6/c19-14-12-7-1-2-8(3-7)13(12)15(20)18(14)11-5-9(16(21)22)4-10(6-11)17(23)24/h4-8,12-13H,1-3H2,(H,21,22)(H,23,24)/t7-,8+,12-,13-/m0/s1. The van der Waals surface area contributed by atoms with E-state index in [0.29, 0.717) is 0 Å². The smallest absolute Gasteiger partial charge is 0.335 e. The Balaban J connectivity index is 1.79. The highest BCUT2D eigenvalue weighted by atomic mass is 16.4. The zero-order chi connectivity index (χ0) is 17.2. The monoisotopic (exact) mass is 329 g/mol. The Morgan fingerprint density at radius 1 is 0.875 bits per heavy atom. The number of benzene rings is 1. The van der Waals surface area contributed by atoms with Gasteiger partial charge in [-0.05, 0) is 49.3 Å². The van der Waals surface area contributed by atoms with Crippen molar-refractivity contribution in [2.45, 2.75) is 19.3 Å². The minimum Gasteiger partial charge on any atom is -0.478 e. The van der Waals surface area contributed by atoms with E-state index >= 15 is 0 Å². The van der Waals surface area contributed by atoms with Gasteiger partial charge in [-0.1, -0.05) is 0 Å². The maximum Gasteiger partial charge on any atom is 0.335 e. The number of hydrogen-bond acceptors (Lipinski definition) is 4. The predicted octanol–water partition coefficient (Wildman–Crippen LogP) is 1.62. The summed E-state index contributed by atoms with van der Waals surface area (Å²) in [5, 5.41) is 18.3. The number of carbonyl (C=O) groups excluding carboxylic acids is 2. The van der Waals surface area contributed by atoms with E-state index in [4.69, 9.17) is 10.2 Å². The first-order valence-corrected chi connectivity index (χ1v) is 7.88. The van der Waals surface area contributed by atoms with Crippen LogP contribution in [0.25, 0.3) is 0 Å². The van der Waals surface area contributed by atoms with Gasteiger partial charge < -0.3 is 10.2 Å². The molecule has 0 spiro atoms. The number of nitrogens with zero attached hydrogens (tertiary/aromatic N) is 1. The lowest BCUT2D eigenvalue weighted by Crippen LogP contribution is -2.33. The van der Waals surface area contributed by atoms with Crippen molar-refractivity contribution in [2.75, 3.05) is 4.90 Å². The molecule has 1 saturated heterocycles. The first kappa shape index (κ1) is 14.9. The number of hydrogen-bond donors (Lipinski definition) is 2. The van der Waals surface area contributed by atoms with E-state index in [1.54, 1.807) is 0 Å². The number of aromatic carboxylic acids is 2. The lowest BCUT2D eigenvalue weighted by atomic mass is 9.81. The molecule has 2 N–H and O–H groups in total. The largest absolute Gasteiger partial charge is 0.478 e. The Morgan fingerprint density at radius 3 is 1.75 bits per heavy atom. The van der Waals surface area contributed by atoms with Gasteiger partial charge in [-0.15, -0.1) is 0 Å². The van der Waals surface area contributed by atoms with Gasteiger partial charge in [-0.25, -0.2) is 14.5 Å². The second kappa shape index (κ2) is 4.90. The molecule has 1 aliphatic heterocycles. The average molecular weight is 329 g/mol. The molecule has 124 valence electrons. The SMILES string of the molecule is O=C(O)c1cc(C(=O)O)cc(N2C(=O)[C@H]3[C@@H]4CC[C@@H](C4)[C@@H]3C2=O)c1. The van der Waals surface area contributed by atoms with Crippen molar-refractivity contribution in [1.29, 1.82) is 0 Å². The number of amides is 2. The summed E-state index contributed by atoms with van der Waals surface area (Å²) in [7, 11) is 0. The average Bonchev–Trinajstić information content (AvgIpc) is 3.21. The highest BCUT2D eigenvalue weighted by molar-refractivity contribution is 6.23. The topological polar surface area (TPSA) is 112 Å². The van der Waals surface area contributed by atoms with Crippen molar-refractivity contribution < 1.29 is 29.4 Å². The van der Waals surface area contributed by atoms with Crippen LogP contribution in [0.1, 0.15) is 40.0 Å². The van der Waals surface area contributed by atoms with Crippen LogP contribution < -0.4 is 4.90 Å². The summed E-state index contributed by atoms with van der Waals surface area (Å²) in [4.78, 5) is 49.0. The van der Waals surface area contributed by atoms with E-state index < -0.39 is 11.9 Å². The van der Waals surface area contributed by atoms with Gasteiger partial charge in [0.05, 0.1) is 28.7 Å². The van der Waals surface area contributed by atoms with Gasteiger partial charge in [-0.2, -0.15) is 0 Å². The zero-order valence-electron chi connectivity index (χ0n) is 12.6. The third kappa shape index (κ3) is 1.90. The van der Waals surface area contributed by atoms with Crippen LogP contribution in [-0.2, 0) is 9.59 Å². The van der Waals surface area contributed by atoms with E-state index in [0.717, 1.165) is 30.2 Å². The second-order valence-electron chi connectivity index (χ2n) is 6.78. The molecular weight excluding hydrogens is 314 g/mol.